The predicted octanol–water partition coefficient (Wildman–Crippen LogP) is 1.40. The van der Waals surface area contributed by atoms with Crippen molar-refractivity contribution in [2.75, 3.05) is 0 Å². The fourth-order valence-corrected chi connectivity index (χ4v) is 0.302. The van der Waals surface area contributed by atoms with Gasteiger partial charge in [0.15, 0.2) is 0 Å². The third-order valence-corrected chi connectivity index (χ3v) is 0.418. The number of rotatable bonds is 1. The summed E-state index contributed by atoms with van der Waals surface area (Å²) < 4.78 is 0. The first-order chi connectivity index (χ1) is 4.86. The van der Waals surface area contributed by atoms with Crippen molar-refractivity contribution in [2.24, 2.45) is 0 Å². The fourth-order valence-electron chi connectivity index (χ4n) is 0.302. The third kappa shape index (κ3) is 51.5. The molecule has 0 amide bonds. The number of aliphatic hydroxyl groups excluding tert-OH is 2. The Labute approximate surface area is 89.0 Å². The van der Waals surface area contributed by atoms with Crippen LogP contribution < -0.4 is 0 Å². The largest absolute Gasteiger partial charge is 0.512 e. The van der Waals surface area contributed by atoms with Gasteiger partial charge in [-0.25, -0.2) is 0 Å². The van der Waals surface area contributed by atoms with Gasteiger partial charge in [0.05, 0.1) is 18.8 Å². The Bertz CT molecular complexity index is 134. The zero-order valence-corrected chi connectivity index (χ0v) is 11.2. The van der Waals surface area contributed by atoms with Crippen LogP contribution in [-0.2, 0) is 22.4 Å². The van der Waals surface area contributed by atoms with Crippen molar-refractivity contribution in [2.45, 2.75) is 33.8 Å². The summed E-state index contributed by atoms with van der Waals surface area (Å²) in [6, 6.07) is 0. The average molecular weight is 342 g/mol. The molecule has 0 aromatic carbocycles. The molecule has 0 fully saturated rings. The van der Waals surface area contributed by atoms with Crippen molar-refractivity contribution >= 4 is 5.78 Å². The summed E-state index contributed by atoms with van der Waals surface area (Å²) in [5, 5.41) is 16.5. The summed E-state index contributed by atoms with van der Waals surface area (Å²) in [6.07, 6.45) is 1.11. The zero-order chi connectivity index (χ0) is 9.44. The van der Waals surface area contributed by atoms with E-state index in [-0.39, 0.29) is 40.0 Å². The Kier molecular flexibility index (Phi) is 16.2. The average Bonchev–Trinajstić information content (AvgIpc) is 1.56. The smallest absolute Gasteiger partial charge is 0.316 e. The Hall–Kier alpha value is -0.0897. The molecule has 0 saturated heterocycles. The summed E-state index contributed by atoms with van der Waals surface area (Å²) in [5.41, 5.74) is 0. The fraction of sp³-hybridized carbons (Fsp3) is 0.625. The Morgan fingerprint density at radius 2 is 1.58 bits per heavy atom. The van der Waals surface area contributed by atoms with E-state index in [0.29, 0.717) is 0 Å². The molecule has 0 aliphatic heterocycles. The summed E-state index contributed by atoms with van der Waals surface area (Å²) in [5.74, 6) is 0.250. The van der Waals surface area contributed by atoms with Gasteiger partial charge in [-0.15, -0.1) is 0 Å². The molecule has 0 atom stereocenters. The third-order valence-electron chi connectivity index (χ3n) is 0.418. The second kappa shape index (κ2) is 10.9. The number of aliphatic hydroxyl groups is 2. The van der Waals surface area contributed by atoms with Gasteiger partial charge in [0.2, 0.25) is 0 Å². The summed E-state index contributed by atoms with van der Waals surface area (Å²) in [6.45, 7) is 6.44. The van der Waals surface area contributed by atoms with Crippen molar-refractivity contribution in [1.82, 2.24) is 0 Å². The van der Waals surface area contributed by atoms with Gasteiger partial charge in [-0.2, -0.15) is 0 Å². The standard InChI is InChI=1S/C5H8O2.C3H8O.Ta/c1-4(6)3-5(2)7;1-3(2)4;/h3,6H,1-2H3;3-4H,1-2H3;/p+1/b4-3-;;. The summed E-state index contributed by atoms with van der Waals surface area (Å²) in [7, 11) is 0. The van der Waals surface area contributed by atoms with Crippen molar-refractivity contribution in [1.29, 1.82) is 0 Å². The first kappa shape index (κ1) is 17.9. The van der Waals surface area contributed by atoms with Crippen molar-refractivity contribution in [3.05, 3.63) is 11.8 Å². The maximum atomic E-state index is 8.40. The van der Waals surface area contributed by atoms with Crippen LogP contribution in [0.2, 0.25) is 0 Å². The van der Waals surface area contributed by atoms with Gasteiger partial charge in [-0.05, 0) is 20.8 Å². The molecule has 0 aromatic heterocycles. The molecule has 3 nitrogen and oxygen atoms in total. The van der Waals surface area contributed by atoms with Gasteiger partial charge in [-0.3, -0.25) is 4.79 Å². The van der Waals surface area contributed by atoms with Gasteiger partial charge < -0.3 is 10.2 Å². The predicted molar refractivity (Wildman–Crippen MR) is 46.4 cm³/mol. The second-order valence-electron chi connectivity index (χ2n) is 2.52. The SMILES string of the molecule is CC(=[OH+])/C=C(/C)O.CC(C)O.[Ta]. The first-order valence-corrected chi connectivity index (χ1v) is 3.44. The van der Waals surface area contributed by atoms with Gasteiger partial charge >= 0.3 is 5.78 Å². The Morgan fingerprint density at radius 3 is 1.58 bits per heavy atom. The maximum absolute atomic E-state index is 8.40. The van der Waals surface area contributed by atoms with E-state index in [2.05, 4.69) is 0 Å². The van der Waals surface area contributed by atoms with E-state index in [9.17, 15) is 0 Å². The zero-order valence-electron chi connectivity index (χ0n) is 7.94. The number of ketones is 1. The topological polar surface area (TPSA) is 61.9 Å². The molecule has 0 saturated carbocycles. The van der Waals surface area contributed by atoms with E-state index in [4.69, 9.17) is 15.0 Å². The molecule has 0 heterocycles. The molecule has 0 spiro atoms. The van der Waals surface area contributed by atoms with Gasteiger partial charge in [0.1, 0.15) is 0 Å². The van der Waals surface area contributed by atoms with Crippen LogP contribution in [0.3, 0.4) is 0 Å². The monoisotopic (exact) mass is 342 g/mol. The normalized spacial score (nSPS) is 9.67. The van der Waals surface area contributed by atoms with E-state index in [1.807, 2.05) is 0 Å². The molecule has 0 rings (SSSR count). The van der Waals surface area contributed by atoms with Gasteiger partial charge in [0.25, 0.3) is 0 Å². The molecule has 3 N–H and O–H groups in total. The molecule has 0 aromatic rings. The van der Waals surface area contributed by atoms with Crippen LogP contribution in [0.15, 0.2) is 11.8 Å². The quantitative estimate of drug-likeness (QED) is 0.430. The minimum Gasteiger partial charge on any atom is -0.512 e. The minimum absolute atomic E-state index is 0. The first-order valence-electron chi connectivity index (χ1n) is 3.44. The van der Waals surface area contributed by atoms with Crippen LogP contribution in [0.4, 0.5) is 0 Å². The van der Waals surface area contributed by atoms with Crippen LogP contribution in [0.1, 0.15) is 27.7 Å². The summed E-state index contributed by atoms with van der Waals surface area (Å²) >= 11 is 0. The molecule has 0 bridgehead atoms. The molecule has 0 aliphatic rings. The van der Waals surface area contributed by atoms with E-state index >= 15 is 0 Å². The second-order valence-corrected chi connectivity index (χ2v) is 2.52. The number of hydrogen-bond acceptors (Lipinski definition) is 2. The van der Waals surface area contributed by atoms with Gasteiger partial charge in [-0.1, -0.05) is 0 Å². The van der Waals surface area contributed by atoms with Crippen LogP contribution in [0.25, 0.3) is 0 Å². The van der Waals surface area contributed by atoms with Crippen molar-refractivity contribution in [3.63, 3.8) is 0 Å². The Morgan fingerprint density at radius 1 is 1.33 bits per heavy atom. The van der Waals surface area contributed by atoms with Crippen LogP contribution in [0.5, 0.6) is 0 Å². The van der Waals surface area contributed by atoms with E-state index in [1.165, 1.54) is 19.9 Å². The van der Waals surface area contributed by atoms with Crippen LogP contribution >= 0.6 is 0 Å². The van der Waals surface area contributed by atoms with E-state index in [1.54, 1.807) is 13.8 Å². The van der Waals surface area contributed by atoms with Crippen molar-refractivity contribution < 1.29 is 37.4 Å². The van der Waals surface area contributed by atoms with Gasteiger partial charge in [0, 0.05) is 28.5 Å². The molecule has 1 radical (unpaired) electrons. The summed E-state index contributed by atoms with van der Waals surface area (Å²) in [4.78, 5) is 8.40. The molecule has 0 unspecified atom stereocenters. The molecular weight excluding hydrogens is 325 g/mol. The molecule has 0 aliphatic carbocycles. The molecule has 12 heavy (non-hydrogen) atoms. The maximum Gasteiger partial charge on any atom is 0.316 e. The van der Waals surface area contributed by atoms with E-state index in [0.717, 1.165) is 0 Å². The number of allylic oxidation sites excluding steroid dienone is 2. The minimum atomic E-state index is -0.167. The van der Waals surface area contributed by atoms with Crippen LogP contribution in [0, 0.1) is 0 Å². The molecular formula is C8H17O3Ta+. The van der Waals surface area contributed by atoms with Crippen LogP contribution in [-0.4, -0.2) is 26.9 Å². The Balaban J connectivity index is -0.000000142. The molecule has 71 valence electrons. The van der Waals surface area contributed by atoms with Crippen molar-refractivity contribution in [3.8, 4) is 0 Å². The van der Waals surface area contributed by atoms with E-state index < -0.39 is 0 Å². The number of hydrogen-bond donors (Lipinski definition) is 2. The molecule has 4 heteroatoms. The number of carbonyl (C=O) groups excluding carboxylic acids is 1.